The van der Waals surface area contributed by atoms with Crippen LogP contribution in [-0.2, 0) is 11.2 Å². The number of carbonyl (C=O) groups is 1. The Labute approximate surface area is 129 Å². The van der Waals surface area contributed by atoms with Gasteiger partial charge in [-0.3, -0.25) is 4.79 Å². The fourth-order valence-electron chi connectivity index (χ4n) is 2.31. The molecule has 0 atom stereocenters. The first-order chi connectivity index (χ1) is 10.8. The number of fused-ring (bicyclic) bond motifs is 2. The van der Waals surface area contributed by atoms with Gasteiger partial charge in [0.1, 0.15) is 5.69 Å². The first-order valence-electron chi connectivity index (χ1n) is 6.78. The molecule has 1 amide bonds. The minimum absolute atomic E-state index is 0.155. The van der Waals surface area contributed by atoms with Crippen LogP contribution < -0.4 is 5.32 Å². The summed E-state index contributed by atoms with van der Waals surface area (Å²) in [6, 6.07) is 15.3. The summed E-state index contributed by atoms with van der Waals surface area (Å²) in [5.41, 5.74) is 2.20. The number of amides is 1. The number of rotatable bonds is 3. The van der Waals surface area contributed by atoms with Gasteiger partial charge in [0, 0.05) is 5.39 Å². The lowest BCUT2D eigenvalue weighted by atomic mass is 10.2. The van der Waals surface area contributed by atoms with Crippen LogP contribution in [0, 0.1) is 0 Å². The third kappa shape index (κ3) is 2.33. The molecule has 5 nitrogen and oxygen atoms in total. The van der Waals surface area contributed by atoms with Gasteiger partial charge in [-0.05, 0) is 24.3 Å². The number of hydrogen-bond donors (Lipinski definition) is 1. The van der Waals surface area contributed by atoms with Gasteiger partial charge in [0.15, 0.2) is 10.7 Å². The van der Waals surface area contributed by atoms with Crippen molar-refractivity contribution >= 4 is 43.6 Å². The summed E-state index contributed by atoms with van der Waals surface area (Å²) in [5.74, 6) is -0.155. The summed E-state index contributed by atoms with van der Waals surface area (Å²) in [5, 5.41) is 8.25. The third-order valence-corrected chi connectivity index (χ3v) is 4.27. The molecule has 4 rings (SSSR count). The Kier molecular flexibility index (Phi) is 3.08. The summed E-state index contributed by atoms with van der Waals surface area (Å²) < 4.78 is 6.25. The minimum Gasteiger partial charge on any atom is -0.356 e. The zero-order valence-corrected chi connectivity index (χ0v) is 12.3. The van der Waals surface area contributed by atoms with Gasteiger partial charge < -0.3 is 9.84 Å². The normalized spacial score (nSPS) is 11.1. The van der Waals surface area contributed by atoms with E-state index in [1.165, 1.54) is 11.3 Å². The number of nitrogens with zero attached hydrogens (tertiary/aromatic N) is 2. The molecule has 0 bridgehead atoms. The van der Waals surface area contributed by atoms with Crippen molar-refractivity contribution in [1.82, 2.24) is 10.1 Å². The number of hydrogen-bond acceptors (Lipinski definition) is 5. The lowest BCUT2D eigenvalue weighted by Crippen LogP contribution is -2.14. The molecule has 0 aliphatic rings. The van der Waals surface area contributed by atoms with Crippen LogP contribution in [0.4, 0.5) is 5.13 Å². The van der Waals surface area contributed by atoms with Crippen LogP contribution in [0.2, 0.25) is 0 Å². The van der Waals surface area contributed by atoms with Crippen molar-refractivity contribution in [2.45, 2.75) is 6.42 Å². The number of benzene rings is 2. The monoisotopic (exact) mass is 309 g/mol. The number of carbonyl (C=O) groups excluding carboxylic acids is 1. The molecule has 1 N–H and O–H groups in total. The number of aromatic nitrogens is 2. The molecule has 0 saturated carbocycles. The van der Waals surface area contributed by atoms with Crippen molar-refractivity contribution in [3.63, 3.8) is 0 Å². The van der Waals surface area contributed by atoms with Crippen LogP contribution in [0.25, 0.3) is 21.2 Å². The highest BCUT2D eigenvalue weighted by Crippen LogP contribution is 2.25. The molecule has 108 valence electrons. The van der Waals surface area contributed by atoms with Crippen LogP contribution in [-0.4, -0.2) is 16.0 Å². The Morgan fingerprint density at radius 3 is 2.86 bits per heavy atom. The Bertz CT molecular complexity index is 941. The molecule has 0 fully saturated rings. The van der Waals surface area contributed by atoms with Gasteiger partial charge in [0.2, 0.25) is 5.91 Å². The first kappa shape index (κ1) is 13.0. The maximum absolute atomic E-state index is 12.2. The molecular weight excluding hydrogens is 298 g/mol. The van der Waals surface area contributed by atoms with E-state index in [0.29, 0.717) is 16.4 Å². The van der Waals surface area contributed by atoms with E-state index in [9.17, 15) is 4.79 Å². The molecule has 2 heterocycles. The van der Waals surface area contributed by atoms with Gasteiger partial charge in [0.25, 0.3) is 0 Å². The van der Waals surface area contributed by atoms with E-state index in [1.54, 1.807) is 0 Å². The summed E-state index contributed by atoms with van der Waals surface area (Å²) in [6.07, 6.45) is 0.160. The lowest BCUT2D eigenvalue weighted by molar-refractivity contribution is -0.115. The highest BCUT2D eigenvalue weighted by atomic mass is 32.1. The van der Waals surface area contributed by atoms with Crippen molar-refractivity contribution < 1.29 is 9.32 Å². The minimum atomic E-state index is -0.155. The molecule has 2 aromatic carbocycles. The molecular formula is C16H11N3O2S. The van der Waals surface area contributed by atoms with Crippen LogP contribution >= 0.6 is 11.3 Å². The Morgan fingerprint density at radius 2 is 1.95 bits per heavy atom. The predicted octanol–water partition coefficient (Wildman–Crippen LogP) is 3.62. The fraction of sp³-hybridized carbons (Fsp3) is 0.0625. The van der Waals surface area contributed by atoms with Gasteiger partial charge in [-0.25, -0.2) is 4.98 Å². The maximum Gasteiger partial charge on any atom is 0.232 e. The second-order valence-electron chi connectivity index (χ2n) is 4.84. The molecule has 4 aromatic rings. The summed E-state index contributed by atoms with van der Waals surface area (Å²) in [4.78, 5) is 16.6. The van der Waals surface area contributed by atoms with Gasteiger partial charge in [-0.15, -0.1) is 0 Å². The average Bonchev–Trinajstić information content (AvgIpc) is 3.11. The average molecular weight is 309 g/mol. The number of para-hydroxylation sites is 2. The summed E-state index contributed by atoms with van der Waals surface area (Å²) in [6.45, 7) is 0. The van der Waals surface area contributed by atoms with E-state index < -0.39 is 0 Å². The van der Waals surface area contributed by atoms with Crippen LogP contribution in [0.1, 0.15) is 5.69 Å². The zero-order chi connectivity index (χ0) is 14.9. The summed E-state index contributed by atoms with van der Waals surface area (Å²) >= 11 is 1.45. The van der Waals surface area contributed by atoms with Crippen molar-refractivity contribution in [2.24, 2.45) is 0 Å². The molecule has 0 aliphatic carbocycles. The van der Waals surface area contributed by atoms with Crippen LogP contribution in [0.5, 0.6) is 0 Å². The van der Waals surface area contributed by atoms with Crippen molar-refractivity contribution in [3.05, 3.63) is 54.2 Å². The van der Waals surface area contributed by atoms with E-state index in [-0.39, 0.29) is 12.3 Å². The van der Waals surface area contributed by atoms with E-state index >= 15 is 0 Å². The Morgan fingerprint density at radius 1 is 1.14 bits per heavy atom. The van der Waals surface area contributed by atoms with Gasteiger partial charge in [-0.1, -0.05) is 40.8 Å². The summed E-state index contributed by atoms with van der Waals surface area (Å²) in [7, 11) is 0. The molecule has 6 heteroatoms. The molecule has 0 spiro atoms. The standard InChI is InChI=1S/C16H11N3O2S/c20-15(9-12-10-5-1-3-7-13(10)21-19-12)18-16-17-11-6-2-4-8-14(11)22-16/h1-8H,9H2,(H,17,18,20). The van der Waals surface area contributed by atoms with Crippen LogP contribution in [0.15, 0.2) is 53.1 Å². The zero-order valence-electron chi connectivity index (χ0n) is 11.4. The van der Waals surface area contributed by atoms with Gasteiger partial charge in [0.05, 0.1) is 16.6 Å². The van der Waals surface area contributed by atoms with E-state index in [0.717, 1.165) is 15.6 Å². The molecule has 0 aliphatic heterocycles. The van der Waals surface area contributed by atoms with Gasteiger partial charge in [-0.2, -0.15) is 0 Å². The van der Waals surface area contributed by atoms with Crippen molar-refractivity contribution in [3.8, 4) is 0 Å². The second-order valence-corrected chi connectivity index (χ2v) is 5.87. The Hall–Kier alpha value is -2.73. The molecule has 0 radical (unpaired) electrons. The topological polar surface area (TPSA) is 68.0 Å². The lowest BCUT2D eigenvalue weighted by Gasteiger charge is -1.98. The van der Waals surface area contributed by atoms with Crippen LogP contribution in [0.3, 0.4) is 0 Å². The maximum atomic E-state index is 12.2. The molecule has 2 aromatic heterocycles. The third-order valence-electron chi connectivity index (χ3n) is 3.32. The van der Waals surface area contributed by atoms with E-state index in [2.05, 4.69) is 15.5 Å². The highest BCUT2D eigenvalue weighted by molar-refractivity contribution is 7.22. The first-order valence-corrected chi connectivity index (χ1v) is 7.60. The number of anilines is 1. The van der Waals surface area contributed by atoms with E-state index in [4.69, 9.17) is 4.52 Å². The number of thiazole rings is 1. The SMILES string of the molecule is O=C(Cc1noc2ccccc12)Nc1nc2ccccc2s1. The predicted molar refractivity (Wildman–Crippen MR) is 86.0 cm³/mol. The number of nitrogens with one attached hydrogen (secondary N) is 1. The molecule has 22 heavy (non-hydrogen) atoms. The molecule has 0 unspecified atom stereocenters. The largest absolute Gasteiger partial charge is 0.356 e. The van der Waals surface area contributed by atoms with Gasteiger partial charge >= 0.3 is 0 Å². The smallest absolute Gasteiger partial charge is 0.232 e. The van der Waals surface area contributed by atoms with Crippen molar-refractivity contribution in [1.29, 1.82) is 0 Å². The molecule has 0 saturated heterocycles. The fourth-order valence-corrected chi connectivity index (χ4v) is 3.19. The van der Waals surface area contributed by atoms with E-state index in [1.807, 2.05) is 48.5 Å². The highest BCUT2D eigenvalue weighted by Gasteiger charge is 2.13. The Balaban J connectivity index is 1.55. The van der Waals surface area contributed by atoms with Crippen molar-refractivity contribution in [2.75, 3.05) is 5.32 Å². The quantitative estimate of drug-likeness (QED) is 0.627. The second kappa shape index (κ2) is 5.23.